The maximum atomic E-state index is 8.82. The molecule has 0 amide bonds. The summed E-state index contributed by atoms with van der Waals surface area (Å²) >= 11 is -5.25. The van der Waals surface area contributed by atoms with Crippen LogP contribution in [0.4, 0.5) is 0 Å². The van der Waals surface area contributed by atoms with Gasteiger partial charge in [-0.15, -0.1) is 0 Å². The predicted molar refractivity (Wildman–Crippen MR) is 29.0 cm³/mol. The average Bonchev–Trinajstić information content (AvgIpc) is 1.52. The normalized spacial score (nSPS) is 8.93. The van der Waals surface area contributed by atoms with Gasteiger partial charge >= 0.3 is 88.7 Å². The molecular weight excluding hydrogens is 298 g/mol. The Morgan fingerprint density at radius 3 is 1.13 bits per heavy atom. The van der Waals surface area contributed by atoms with Gasteiger partial charge in [0.05, 0.1) is 0 Å². The van der Waals surface area contributed by atoms with E-state index in [-0.39, 0.29) is 65.7 Å². The molecule has 0 saturated heterocycles. The van der Waals surface area contributed by atoms with Crippen molar-refractivity contribution in [2.75, 3.05) is 6.61 Å². The van der Waals surface area contributed by atoms with Crippen LogP contribution in [0.15, 0.2) is 0 Å². The van der Waals surface area contributed by atoms with Gasteiger partial charge < -0.3 is 14.2 Å². The molecule has 0 atom stereocenters. The molecule has 0 aliphatic rings. The van der Waals surface area contributed by atoms with Crippen molar-refractivity contribution in [2.24, 2.45) is 0 Å². The minimum absolute atomic E-state index is 0. The fraction of sp³-hybridized carbons (Fsp3) is 1.00. The van der Waals surface area contributed by atoms with E-state index in [9.17, 15) is 0 Å². The van der Waals surface area contributed by atoms with Crippen molar-refractivity contribution in [1.82, 2.24) is 0 Å². The van der Waals surface area contributed by atoms with E-state index in [4.69, 9.17) is 38.6 Å². The van der Waals surface area contributed by atoms with E-state index in [1.807, 2.05) is 0 Å². The van der Waals surface area contributed by atoms with Gasteiger partial charge in [0.1, 0.15) is 0 Å². The zero-order valence-electron chi connectivity index (χ0n) is 8.31. The molecule has 0 rings (SSSR count). The van der Waals surface area contributed by atoms with Crippen LogP contribution < -0.4 is 59.1 Å². The predicted octanol–water partition coefficient (Wildman–Crippen LogP) is -8.69. The quantitative estimate of drug-likeness (QED) is 0.223. The standard InChI is InChI=1S/C2H6O.Cr.2Na.H2O4S.2H2O.2O/c1-2-3;;;;1-5(2,3)4;;;;/h3H,2H2,1H3;;;;(H2,1,2,3,4);2*1H2;;/q;+2;2*+1;;;;;/p-4. The van der Waals surface area contributed by atoms with E-state index in [0.29, 0.717) is 0 Å². The Hall–Kier alpha value is 1.88. The molecule has 0 fully saturated rings. The van der Waals surface area contributed by atoms with Crippen LogP contribution in [-0.2, 0) is 31.6 Å². The van der Waals surface area contributed by atoms with Gasteiger partial charge in [-0.25, -0.2) is 0 Å². The van der Waals surface area contributed by atoms with Gasteiger partial charge in [0.15, 0.2) is 0 Å². The Bertz CT molecular complexity index is 235. The zero-order valence-corrected chi connectivity index (χ0v) is 14.4. The molecule has 0 spiro atoms. The van der Waals surface area contributed by atoms with E-state index in [0.717, 1.165) is 0 Å². The minimum atomic E-state index is -5.25. The first-order valence-corrected chi connectivity index (χ1v) is 5.90. The molecule has 0 aromatic carbocycles. The number of hydrogen-bond donors (Lipinski definition) is 3. The van der Waals surface area contributed by atoms with Crippen molar-refractivity contribution >= 4 is 10.4 Å². The molecule has 0 aliphatic carbocycles. The molecule has 3 N–H and O–H groups in total. The van der Waals surface area contributed by atoms with Crippen molar-refractivity contribution in [3.05, 3.63) is 0 Å². The molecule has 84 valence electrons. The van der Waals surface area contributed by atoms with Crippen molar-refractivity contribution in [2.45, 2.75) is 6.92 Å². The van der Waals surface area contributed by atoms with Gasteiger partial charge in [-0.3, -0.25) is 8.42 Å². The van der Waals surface area contributed by atoms with Crippen LogP contribution >= 0.6 is 0 Å². The van der Waals surface area contributed by atoms with Crippen molar-refractivity contribution in [1.29, 1.82) is 0 Å². The first-order valence-electron chi connectivity index (χ1n) is 2.39. The zero-order chi connectivity index (χ0) is 11.7. The Morgan fingerprint density at radius 1 is 1.13 bits per heavy atom. The second-order valence-electron chi connectivity index (χ2n) is 1.17. The molecular formula is C2H8CrNa2O9S. The topological polar surface area (TPSA) is 175 Å². The summed E-state index contributed by atoms with van der Waals surface area (Å²) in [5.74, 6) is 0. The molecule has 0 aliphatic heterocycles. The van der Waals surface area contributed by atoms with Crippen LogP contribution in [0.5, 0.6) is 0 Å². The molecule has 0 unspecified atom stereocenters. The van der Waals surface area contributed by atoms with Crippen molar-refractivity contribution in [3.8, 4) is 0 Å². The third-order valence-corrected chi connectivity index (χ3v) is 0. The number of hydrogen-bond acceptors (Lipinski definition) is 7. The molecule has 0 saturated carbocycles. The van der Waals surface area contributed by atoms with E-state index in [1.54, 1.807) is 6.92 Å². The first-order chi connectivity index (χ1) is 5.41. The third kappa shape index (κ3) is 864. The summed E-state index contributed by atoms with van der Waals surface area (Å²) in [5, 5.41) is 7.57. The second-order valence-corrected chi connectivity index (χ2v) is 3.39. The average molecular weight is 306 g/mol. The maximum absolute atomic E-state index is 8.82. The third-order valence-electron chi connectivity index (χ3n) is 0. The van der Waals surface area contributed by atoms with Gasteiger partial charge in [0.2, 0.25) is 0 Å². The summed E-state index contributed by atoms with van der Waals surface area (Å²) in [5.41, 5.74) is 0. The van der Waals surface area contributed by atoms with Gasteiger partial charge in [-0.1, -0.05) is 0 Å². The van der Waals surface area contributed by atoms with E-state index in [2.05, 4.69) is 0 Å². The van der Waals surface area contributed by atoms with Crippen LogP contribution in [0.3, 0.4) is 0 Å². The number of rotatable bonds is 0. The fourth-order valence-corrected chi connectivity index (χ4v) is 0. The summed E-state index contributed by atoms with van der Waals surface area (Å²) in [6, 6.07) is 0. The van der Waals surface area contributed by atoms with Crippen LogP contribution in [0.1, 0.15) is 6.92 Å². The van der Waals surface area contributed by atoms with Crippen LogP contribution in [0.25, 0.3) is 0 Å². The van der Waals surface area contributed by atoms with Gasteiger partial charge in [-0.2, -0.15) is 0 Å². The molecule has 0 aromatic heterocycles. The SMILES string of the molecule is CCO.O=S(=O)([O-])[O-].[Na+].[Na+].[O]=[Cr](=[O])([OH])[OH]. The fourth-order valence-electron chi connectivity index (χ4n) is 0. The second kappa shape index (κ2) is 15.9. The molecule has 0 heterocycles. The van der Waals surface area contributed by atoms with E-state index >= 15 is 0 Å². The molecule has 0 radical (unpaired) electrons. The molecule has 9 nitrogen and oxygen atoms in total. The van der Waals surface area contributed by atoms with Gasteiger partial charge in [0, 0.05) is 17.0 Å². The van der Waals surface area contributed by atoms with E-state index in [1.165, 1.54) is 0 Å². The van der Waals surface area contributed by atoms with Crippen LogP contribution in [-0.4, -0.2) is 37.6 Å². The number of aliphatic hydroxyl groups is 1. The van der Waals surface area contributed by atoms with Crippen molar-refractivity contribution in [3.63, 3.8) is 0 Å². The summed E-state index contributed by atoms with van der Waals surface area (Å²) in [7, 11) is -5.17. The van der Waals surface area contributed by atoms with E-state index < -0.39 is 24.0 Å². The summed E-state index contributed by atoms with van der Waals surface area (Å²) in [6.45, 7) is 1.93. The van der Waals surface area contributed by atoms with Crippen molar-refractivity contribution < 1.29 is 111 Å². The summed E-state index contributed by atoms with van der Waals surface area (Å²) in [4.78, 5) is 0. The van der Waals surface area contributed by atoms with Crippen LogP contribution in [0.2, 0.25) is 0 Å². The Morgan fingerprint density at radius 2 is 1.13 bits per heavy atom. The first kappa shape index (κ1) is 30.2. The summed E-state index contributed by atoms with van der Waals surface area (Å²) < 4.78 is 66.0. The molecule has 0 bridgehead atoms. The van der Waals surface area contributed by atoms with Gasteiger partial charge in [0.25, 0.3) is 0 Å². The molecule has 0 aromatic rings. The Balaban J connectivity index is -0.0000000322. The Labute approximate surface area is 133 Å². The summed E-state index contributed by atoms with van der Waals surface area (Å²) in [6.07, 6.45) is 0. The molecule has 13 heteroatoms. The number of aliphatic hydroxyl groups excluding tert-OH is 1. The van der Waals surface area contributed by atoms with Gasteiger partial charge in [-0.05, 0) is 6.92 Å². The molecule has 15 heavy (non-hydrogen) atoms. The Kier molecular flexibility index (Phi) is 31.9. The monoisotopic (exact) mass is 306 g/mol. The van der Waals surface area contributed by atoms with Crippen LogP contribution in [0, 0.1) is 0 Å².